The lowest BCUT2D eigenvalue weighted by Gasteiger charge is -2.10. The third-order valence-corrected chi connectivity index (χ3v) is 2.92. The number of carbonyl (C=O) groups excluding carboxylic acids is 1. The van der Waals surface area contributed by atoms with Crippen LogP contribution in [0, 0.1) is 0 Å². The van der Waals surface area contributed by atoms with Crippen LogP contribution >= 0.6 is 0 Å². The van der Waals surface area contributed by atoms with Gasteiger partial charge in [0.25, 0.3) is 5.16 Å². The second-order valence-corrected chi connectivity index (χ2v) is 4.61. The summed E-state index contributed by atoms with van der Waals surface area (Å²) in [5, 5.41) is 3.76. The van der Waals surface area contributed by atoms with E-state index in [1.165, 1.54) is 11.8 Å². The lowest BCUT2D eigenvalue weighted by molar-refractivity contribution is -0.128. The summed E-state index contributed by atoms with van der Waals surface area (Å²) in [5.41, 5.74) is 0. The highest BCUT2D eigenvalue weighted by Crippen LogP contribution is 2.04. The second-order valence-electron chi connectivity index (χ2n) is 2.98. The summed E-state index contributed by atoms with van der Waals surface area (Å²) in [6.45, 7) is 3.46. The molecule has 0 aliphatic heterocycles. The van der Waals surface area contributed by atoms with Crippen LogP contribution in [0.15, 0.2) is 9.68 Å². The molecule has 0 N–H and O–H groups in total. The zero-order valence-electron chi connectivity index (χ0n) is 8.89. The highest BCUT2D eigenvalue weighted by Gasteiger charge is 2.13. The quantitative estimate of drug-likeness (QED) is 0.738. The van der Waals surface area contributed by atoms with Crippen molar-refractivity contribution in [2.45, 2.75) is 25.5 Å². The minimum atomic E-state index is -1.21. The van der Waals surface area contributed by atoms with Crippen molar-refractivity contribution in [1.29, 1.82) is 0 Å². The van der Waals surface area contributed by atoms with E-state index in [1.807, 2.05) is 0 Å². The Morgan fingerprint density at radius 2 is 2.27 bits per heavy atom. The molecule has 0 saturated heterocycles. The zero-order chi connectivity index (χ0) is 11.4. The van der Waals surface area contributed by atoms with E-state index in [1.54, 1.807) is 14.0 Å². The first-order chi connectivity index (χ1) is 7.04. The predicted molar refractivity (Wildman–Crippen MR) is 53.4 cm³/mol. The van der Waals surface area contributed by atoms with Gasteiger partial charge in [-0.3, -0.25) is 9.00 Å². The van der Waals surface area contributed by atoms with Crippen LogP contribution in [-0.2, 0) is 22.1 Å². The zero-order valence-corrected chi connectivity index (χ0v) is 9.71. The van der Waals surface area contributed by atoms with E-state index in [2.05, 4.69) is 10.1 Å². The van der Waals surface area contributed by atoms with Gasteiger partial charge in [0.1, 0.15) is 0 Å². The lowest BCUT2D eigenvalue weighted by Crippen LogP contribution is -2.23. The summed E-state index contributed by atoms with van der Waals surface area (Å²) >= 11 is 0. The van der Waals surface area contributed by atoms with Gasteiger partial charge < -0.3 is 9.42 Å². The Balaban J connectivity index is 2.68. The van der Waals surface area contributed by atoms with Crippen molar-refractivity contribution >= 4 is 16.7 Å². The molecule has 0 fully saturated rings. The third-order valence-electron chi connectivity index (χ3n) is 1.83. The monoisotopic (exact) mass is 231 g/mol. The van der Waals surface area contributed by atoms with Crippen molar-refractivity contribution in [3.8, 4) is 0 Å². The number of carbonyl (C=O) groups is 1. The van der Waals surface area contributed by atoms with Gasteiger partial charge in [0.15, 0.2) is 0 Å². The topological polar surface area (TPSA) is 76.3 Å². The van der Waals surface area contributed by atoms with Gasteiger partial charge in [-0.2, -0.15) is 4.98 Å². The molecular formula is C8H13N3O3S. The van der Waals surface area contributed by atoms with Gasteiger partial charge in [-0.15, -0.1) is 0 Å². The van der Waals surface area contributed by atoms with Crippen LogP contribution in [0.3, 0.4) is 0 Å². The van der Waals surface area contributed by atoms with E-state index in [0.29, 0.717) is 11.6 Å². The van der Waals surface area contributed by atoms with Gasteiger partial charge in [0.05, 0.1) is 17.3 Å². The maximum Gasteiger partial charge on any atom is 0.260 e. The van der Waals surface area contributed by atoms with Crippen molar-refractivity contribution in [2.24, 2.45) is 0 Å². The van der Waals surface area contributed by atoms with Crippen LogP contribution in [0.25, 0.3) is 0 Å². The van der Waals surface area contributed by atoms with Crippen LogP contribution in [-0.4, -0.2) is 38.0 Å². The van der Waals surface area contributed by atoms with Crippen molar-refractivity contribution in [2.75, 3.05) is 12.8 Å². The fourth-order valence-corrected chi connectivity index (χ4v) is 1.42. The molecule has 0 saturated carbocycles. The van der Waals surface area contributed by atoms with Crippen LogP contribution in [0.1, 0.15) is 19.7 Å². The van der Waals surface area contributed by atoms with Gasteiger partial charge in [-0.1, -0.05) is 6.92 Å². The number of hydrogen-bond acceptors (Lipinski definition) is 5. The molecule has 1 heterocycles. The molecular weight excluding hydrogens is 218 g/mol. The third kappa shape index (κ3) is 3.12. The Labute approximate surface area is 90.1 Å². The minimum Gasteiger partial charge on any atom is -0.337 e. The summed E-state index contributed by atoms with van der Waals surface area (Å²) in [6, 6.07) is 0. The first kappa shape index (κ1) is 11.8. The Bertz CT molecular complexity index is 377. The molecule has 0 spiro atoms. The van der Waals surface area contributed by atoms with Gasteiger partial charge >= 0.3 is 0 Å². The first-order valence-electron chi connectivity index (χ1n) is 4.47. The fraction of sp³-hybridized carbons (Fsp3) is 0.625. The molecule has 0 aliphatic carbocycles. The molecule has 0 aliphatic rings. The van der Waals surface area contributed by atoms with E-state index >= 15 is 0 Å². The summed E-state index contributed by atoms with van der Waals surface area (Å²) in [6.07, 6.45) is 0. The standard InChI is InChI=1S/C8H13N3O3S/c1-4-15(13)8-9-7(14-10-8)5-11(3)6(2)12/h4-5H2,1-3H3. The maximum absolute atomic E-state index is 11.3. The molecule has 1 unspecified atom stereocenters. The van der Waals surface area contributed by atoms with Crippen LogP contribution < -0.4 is 0 Å². The smallest absolute Gasteiger partial charge is 0.260 e. The number of aromatic nitrogens is 2. The normalized spacial score (nSPS) is 12.5. The Hall–Kier alpha value is -1.24. The fourth-order valence-electron chi connectivity index (χ4n) is 0.839. The van der Waals surface area contributed by atoms with Gasteiger partial charge in [0.2, 0.25) is 11.8 Å². The average molecular weight is 231 g/mol. The molecule has 84 valence electrons. The molecule has 1 atom stereocenters. The Morgan fingerprint density at radius 3 is 2.80 bits per heavy atom. The Kier molecular flexibility index (Phi) is 3.96. The number of hydrogen-bond donors (Lipinski definition) is 0. The van der Waals surface area contributed by atoms with E-state index in [9.17, 15) is 9.00 Å². The second kappa shape index (κ2) is 5.01. The summed E-state index contributed by atoms with van der Waals surface area (Å²) in [5.74, 6) is 0.650. The molecule has 1 aromatic rings. The molecule has 1 amide bonds. The molecule has 0 radical (unpaired) electrons. The minimum absolute atomic E-state index is 0.0913. The Morgan fingerprint density at radius 1 is 1.60 bits per heavy atom. The summed E-state index contributed by atoms with van der Waals surface area (Å²) in [7, 11) is 0.413. The molecule has 15 heavy (non-hydrogen) atoms. The molecule has 1 rings (SSSR count). The van der Waals surface area contributed by atoms with Crippen LogP contribution in [0.2, 0.25) is 0 Å². The van der Waals surface area contributed by atoms with Gasteiger partial charge in [-0.05, 0) is 5.16 Å². The highest BCUT2D eigenvalue weighted by molar-refractivity contribution is 7.84. The predicted octanol–water partition coefficient (Wildman–Crippen LogP) is 0.175. The molecule has 0 bridgehead atoms. The summed E-state index contributed by atoms with van der Waals surface area (Å²) in [4.78, 5) is 16.3. The summed E-state index contributed by atoms with van der Waals surface area (Å²) < 4.78 is 16.2. The largest absolute Gasteiger partial charge is 0.337 e. The van der Waals surface area contributed by atoms with E-state index in [0.717, 1.165) is 0 Å². The number of nitrogens with zero attached hydrogens (tertiary/aromatic N) is 3. The lowest BCUT2D eigenvalue weighted by atomic mass is 10.5. The van der Waals surface area contributed by atoms with E-state index in [-0.39, 0.29) is 17.6 Å². The van der Waals surface area contributed by atoms with Crippen LogP contribution in [0.5, 0.6) is 0 Å². The van der Waals surface area contributed by atoms with Gasteiger partial charge in [0, 0.05) is 19.7 Å². The number of amides is 1. The molecule has 7 heteroatoms. The first-order valence-corrected chi connectivity index (χ1v) is 5.79. The highest BCUT2D eigenvalue weighted by atomic mass is 32.2. The molecule has 6 nitrogen and oxygen atoms in total. The van der Waals surface area contributed by atoms with Crippen LogP contribution in [0.4, 0.5) is 0 Å². The van der Waals surface area contributed by atoms with Crippen molar-refractivity contribution in [1.82, 2.24) is 15.0 Å². The SMILES string of the molecule is CCS(=O)c1noc(CN(C)C(C)=O)n1. The van der Waals surface area contributed by atoms with E-state index in [4.69, 9.17) is 4.52 Å². The molecule has 1 aromatic heterocycles. The van der Waals surface area contributed by atoms with Crippen molar-refractivity contribution in [3.63, 3.8) is 0 Å². The number of rotatable bonds is 4. The average Bonchev–Trinajstić information content (AvgIpc) is 2.65. The van der Waals surface area contributed by atoms with Crippen molar-refractivity contribution < 1.29 is 13.5 Å². The maximum atomic E-state index is 11.3. The van der Waals surface area contributed by atoms with E-state index < -0.39 is 10.8 Å². The van der Waals surface area contributed by atoms with Gasteiger partial charge in [-0.25, -0.2) is 0 Å². The van der Waals surface area contributed by atoms with Crippen molar-refractivity contribution in [3.05, 3.63) is 5.89 Å². The molecule has 0 aromatic carbocycles.